The Bertz CT molecular complexity index is 1520. The molecule has 36 heavy (non-hydrogen) atoms. The van der Waals surface area contributed by atoms with Crippen LogP contribution in [0.15, 0.2) is 81.8 Å². The lowest BCUT2D eigenvalue weighted by molar-refractivity contribution is -0.384. The Balaban J connectivity index is 1.37. The molecule has 5 rings (SSSR count). The highest BCUT2D eigenvalue weighted by atomic mass is 16.6. The van der Waals surface area contributed by atoms with E-state index in [1.54, 1.807) is 24.3 Å². The third-order valence-corrected chi connectivity index (χ3v) is 4.88. The molecule has 0 amide bonds. The summed E-state index contributed by atoms with van der Waals surface area (Å²) >= 11 is 0. The van der Waals surface area contributed by atoms with E-state index in [0.717, 1.165) is 0 Å². The number of tetrazole rings is 1. The lowest BCUT2D eigenvalue weighted by Crippen LogP contribution is -2.15. The van der Waals surface area contributed by atoms with Gasteiger partial charge >= 0.3 is 5.97 Å². The van der Waals surface area contributed by atoms with Crippen molar-refractivity contribution >= 4 is 23.4 Å². The fourth-order valence-corrected chi connectivity index (χ4v) is 3.19. The van der Waals surface area contributed by atoms with Crippen LogP contribution in [0.3, 0.4) is 0 Å². The van der Waals surface area contributed by atoms with Gasteiger partial charge in [-0.15, -0.1) is 15.3 Å². The highest BCUT2D eigenvalue weighted by molar-refractivity contribution is 6.15. The lowest BCUT2D eigenvalue weighted by Gasteiger charge is -2.08. The van der Waals surface area contributed by atoms with Crippen LogP contribution < -0.4 is 0 Å². The number of rotatable bonds is 8. The van der Waals surface area contributed by atoms with E-state index in [1.807, 2.05) is 18.2 Å². The molecule has 3 aromatic heterocycles. The van der Waals surface area contributed by atoms with Gasteiger partial charge in [0, 0.05) is 29.3 Å². The number of furan rings is 1. The Hall–Kier alpha value is -5.46. The van der Waals surface area contributed by atoms with Gasteiger partial charge in [-0.3, -0.25) is 10.1 Å². The fraction of sp³-hybridized carbons (Fsp3) is 0.0435. The van der Waals surface area contributed by atoms with Crippen LogP contribution >= 0.6 is 0 Å². The van der Waals surface area contributed by atoms with Crippen LogP contribution in [0.4, 0.5) is 5.69 Å². The summed E-state index contributed by atoms with van der Waals surface area (Å²) in [6, 6.07) is 18.0. The average molecular weight is 485 g/mol. The monoisotopic (exact) mass is 485 g/mol. The summed E-state index contributed by atoms with van der Waals surface area (Å²) < 4.78 is 17.5. The molecule has 0 fully saturated rings. The summed E-state index contributed by atoms with van der Waals surface area (Å²) in [6.45, 7) is -0.336. The number of benzene rings is 2. The van der Waals surface area contributed by atoms with Crippen molar-refractivity contribution in [3.05, 3.63) is 94.8 Å². The van der Waals surface area contributed by atoms with Crippen LogP contribution in [0.1, 0.15) is 11.7 Å². The Morgan fingerprint density at radius 1 is 1.00 bits per heavy atom. The van der Waals surface area contributed by atoms with Gasteiger partial charge in [0.25, 0.3) is 11.6 Å². The minimum absolute atomic E-state index is 0.0103. The Morgan fingerprint density at radius 3 is 2.53 bits per heavy atom. The molecule has 0 atom stereocenters. The molecular weight excluding hydrogens is 470 g/mol. The molecular formula is C23H15N7O6. The summed E-state index contributed by atoms with van der Waals surface area (Å²) in [5.74, 6) is 0.0764. The predicted octanol–water partition coefficient (Wildman–Crippen LogP) is 3.63. The maximum atomic E-state index is 13.1. The third-order valence-electron chi connectivity index (χ3n) is 4.88. The standard InChI is InChI=1S/C23H15N7O6/c31-23(35-14-20-24-26-22(36-20)16-8-10-17(11-9-16)30(32)33)19(13-18-7-4-12-34-18)29-21(25-27-28-29)15-5-2-1-3-6-15/h1-13H,14H2/b19-13-. The van der Waals surface area contributed by atoms with Crippen molar-refractivity contribution in [3.63, 3.8) is 0 Å². The number of nitrogens with zero attached hydrogens (tertiary/aromatic N) is 7. The first-order chi connectivity index (χ1) is 17.6. The van der Waals surface area contributed by atoms with Gasteiger partial charge in [0.2, 0.25) is 5.89 Å². The molecule has 3 heterocycles. The normalized spacial score (nSPS) is 11.4. The van der Waals surface area contributed by atoms with E-state index in [-0.39, 0.29) is 29.8 Å². The number of hydrogen-bond acceptors (Lipinski definition) is 11. The number of aromatic nitrogens is 6. The van der Waals surface area contributed by atoms with Crippen LogP contribution in [0.2, 0.25) is 0 Å². The van der Waals surface area contributed by atoms with E-state index in [4.69, 9.17) is 13.6 Å². The minimum atomic E-state index is -0.772. The number of hydrogen-bond donors (Lipinski definition) is 0. The maximum Gasteiger partial charge on any atom is 0.357 e. The molecule has 5 aromatic rings. The van der Waals surface area contributed by atoms with Gasteiger partial charge in [0.05, 0.1) is 11.2 Å². The van der Waals surface area contributed by atoms with Crippen molar-refractivity contribution in [2.24, 2.45) is 0 Å². The molecule has 178 valence electrons. The average Bonchev–Trinajstić information content (AvgIpc) is 3.68. The van der Waals surface area contributed by atoms with Crippen molar-refractivity contribution in [2.75, 3.05) is 0 Å². The van der Waals surface area contributed by atoms with E-state index in [1.165, 1.54) is 41.3 Å². The first-order valence-electron chi connectivity index (χ1n) is 10.4. The highest BCUT2D eigenvalue weighted by Gasteiger charge is 2.22. The minimum Gasteiger partial charge on any atom is -0.465 e. The smallest absolute Gasteiger partial charge is 0.357 e. The van der Waals surface area contributed by atoms with Crippen LogP contribution in [-0.2, 0) is 16.1 Å². The largest absolute Gasteiger partial charge is 0.465 e. The second-order valence-electron chi connectivity index (χ2n) is 7.21. The molecule has 0 saturated carbocycles. The van der Waals surface area contributed by atoms with Gasteiger partial charge in [0.15, 0.2) is 18.1 Å². The van der Waals surface area contributed by atoms with Crippen LogP contribution in [0.25, 0.3) is 34.6 Å². The number of ether oxygens (including phenoxy) is 1. The zero-order valence-corrected chi connectivity index (χ0v) is 18.3. The highest BCUT2D eigenvalue weighted by Crippen LogP contribution is 2.23. The number of carbonyl (C=O) groups excluding carboxylic acids is 1. The maximum absolute atomic E-state index is 13.1. The van der Waals surface area contributed by atoms with Gasteiger partial charge in [-0.25, -0.2) is 4.79 Å². The van der Waals surface area contributed by atoms with Gasteiger partial charge in [-0.05, 0) is 34.7 Å². The van der Waals surface area contributed by atoms with E-state index in [9.17, 15) is 14.9 Å². The zero-order valence-electron chi connectivity index (χ0n) is 18.3. The molecule has 13 nitrogen and oxygen atoms in total. The molecule has 13 heteroatoms. The SMILES string of the molecule is O=C(OCc1nnc(-c2ccc([N+](=O)[O-])cc2)o1)/C(=C/c1ccco1)n1nnnc1-c1ccccc1. The van der Waals surface area contributed by atoms with Crippen molar-refractivity contribution in [3.8, 4) is 22.8 Å². The van der Waals surface area contributed by atoms with Gasteiger partial charge in [-0.2, -0.15) is 4.68 Å². The number of carbonyl (C=O) groups is 1. The zero-order chi connectivity index (χ0) is 24.9. The van der Waals surface area contributed by atoms with E-state index < -0.39 is 10.9 Å². The molecule has 0 spiro atoms. The summed E-state index contributed by atoms with van der Waals surface area (Å²) in [4.78, 5) is 23.4. The molecule has 0 bridgehead atoms. The van der Waals surface area contributed by atoms with Gasteiger partial charge < -0.3 is 13.6 Å². The van der Waals surface area contributed by atoms with Gasteiger partial charge in [-0.1, -0.05) is 30.3 Å². The van der Waals surface area contributed by atoms with Gasteiger partial charge in [0.1, 0.15) is 5.76 Å². The first kappa shape index (κ1) is 22.3. The van der Waals surface area contributed by atoms with Crippen LogP contribution in [0.5, 0.6) is 0 Å². The number of esters is 1. The van der Waals surface area contributed by atoms with Crippen molar-refractivity contribution < 1.29 is 23.3 Å². The molecule has 0 aliphatic carbocycles. The van der Waals surface area contributed by atoms with Crippen molar-refractivity contribution in [1.29, 1.82) is 0 Å². The van der Waals surface area contributed by atoms with Crippen LogP contribution in [0, 0.1) is 10.1 Å². The molecule has 0 aliphatic heterocycles. The Kier molecular flexibility index (Phi) is 6.08. The number of non-ortho nitro benzene ring substituents is 1. The summed E-state index contributed by atoms with van der Waals surface area (Å²) in [5.41, 5.74) is 1.08. The van der Waals surface area contributed by atoms with Crippen molar-refractivity contribution in [2.45, 2.75) is 6.61 Å². The summed E-state index contributed by atoms with van der Waals surface area (Å²) in [5, 5.41) is 30.3. The van der Waals surface area contributed by atoms with E-state index in [2.05, 4.69) is 25.7 Å². The molecule has 0 unspecified atom stereocenters. The van der Waals surface area contributed by atoms with E-state index >= 15 is 0 Å². The second kappa shape index (κ2) is 9.80. The molecule has 0 N–H and O–H groups in total. The Morgan fingerprint density at radius 2 is 1.81 bits per heavy atom. The van der Waals surface area contributed by atoms with Crippen molar-refractivity contribution in [1.82, 2.24) is 30.4 Å². The quantitative estimate of drug-likeness (QED) is 0.136. The predicted molar refractivity (Wildman–Crippen MR) is 122 cm³/mol. The first-order valence-corrected chi connectivity index (χ1v) is 10.4. The molecule has 2 aromatic carbocycles. The summed E-state index contributed by atoms with van der Waals surface area (Å²) in [7, 11) is 0. The Labute approximate surface area is 201 Å². The fourth-order valence-electron chi connectivity index (χ4n) is 3.19. The number of nitro benzene ring substituents is 1. The second-order valence-corrected chi connectivity index (χ2v) is 7.21. The molecule has 0 radical (unpaired) electrons. The molecule has 0 saturated heterocycles. The topological polar surface area (TPSA) is 165 Å². The summed E-state index contributed by atoms with van der Waals surface area (Å²) in [6.07, 6.45) is 2.91. The number of nitro groups is 1. The van der Waals surface area contributed by atoms with Crippen LogP contribution in [-0.4, -0.2) is 41.3 Å². The molecule has 0 aliphatic rings. The third kappa shape index (κ3) is 4.75. The van der Waals surface area contributed by atoms with E-state index in [0.29, 0.717) is 22.7 Å². The lowest BCUT2D eigenvalue weighted by atomic mass is 10.2.